The number of benzene rings is 1. The van der Waals surface area contributed by atoms with Crippen LogP contribution < -0.4 is 5.11 Å². The van der Waals surface area contributed by atoms with Crippen molar-refractivity contribution in [2.45, 2.75) is 46.5 Å². The van der Waals surface area contributed by atoms with Gasteiger partial charge in [-0.1, -0.05) is 58.2 Å². The van der Waals surface area contributed by atoms with Crippen molar-refractivity contribution in [3.63, 3.8) is 0 Å². The van der Waals surface area contributed by atoms with Crippen molar-refractivity contribution in [2.24, 2.45) is 11.8 Å². The molecule has 122 valence electrons. The average molecular weight is 305 g/mol. The molecular weight excluding hydrogens is 280 g/mol. The van der Waals surface area contributed by atoms with Crippen LogP contribution >= 0.6 is 0 Å². The van der Waals surface area contributed by atoms with E-state index >= 15 is 0 Å². The lowest BCUT2D eigenvalue weighted by Gasteiger charge is -2.13. The first-order valence-electron chi connectivity index (χ1n) is 7.89. The Balaban J connectivity index is 2.39. The van der Waals surface area contributed by atoms with Gasteiger partial charge in [-0.2, -0.15) is 0 Å². The largest absolute Gasteiger partial charge is 0.545 e. The topological polar surface area (TPSA) is 66.4 Å². The number of aromatic carboxylic acids is 1. The Bertz CT molecular complexity index is 494. The predicted molar refractivity (Wildman–Crippen MR) is 83.5 cm³/mol. The first-order chi connectivity index (χ1) is 10.4. The fourth-order valence-corrected chi connectivity index (χ4v) is 2.29. The number of ether oxygens (including phenoxy) is 1. The number of carboxylic acids is 1. The summed E-state index contributed by atoms with van der Waals surface area (Å²) in [5.41, 5.74) is -0.0764. The maximum atomic E-state index is 11.9. The highest BCUT2D eigenvalue weighted by Crippen LogP contribution is 2.16. The number of hydrogen-bond acceptors (Lipinski definition) is 4. The first kappa shape index (κ1) is 18.2. The first-order valence-corrected chi connectivity index (χ1v) is 7.89. The molecule has 22 heavy (non-hydrogen) atoms. The van der Waals surface area contributed by atoms with Crippen molar-refractivity contribution in [1.29, 1.82) is 0 Å². The summed E-state index contributed by atoms with van der Waals surface area (Å²) in [5, 5.41) is 11.0. The highest BCUT2D eigenvalue weighted by Gasteiger charge is 2.13. The number of rotatable bonds is 9. The van der Waals surface area contributed by atoms with Crippen molar-refractivity contribution in [1.82, 2.24) is 0 Å². The number of esters is 1. The van der Waals surface area contributed by atoms with Gasteiger partial charge < -0.3 is 14.6 Å². The van der Waals surface area contributed by atoms with Crippen LogP contribution in [0.15, 0.2) is 24.3 Å². The molecule has 0 radical (unpaired) electrons. The van der Waals surface area contributed by atoms with Crippen LogP contribution in [0.5, 0.6) is 0 Å². The van der Waals surface area contributed by atoms with Gasteiger partial charge in [0.05, 0.1) is 18.1 Å². The maximum absolute atomic E-state index is 11.9. The molecule has 0 N–H and O–H groups in total. The van der Waals surface area contributed by atoms with Crippen LogP contribution in [-0.2, 0) is 4.74 Å². The van der Waals surface area contributed by atoms with E-state index in [0.29, 0.717) is 18.4 Å². The van der Waals surface area contributed by atoms with Gasteiger partial charge in [-0.15, -0.1) is 0 Å². The Kier molecular flexibility index (Phi) is 7.64. The molecule has 4 nitrogen and oxygen atoms in total. The summed E-state index contributed by atoms with van der Waals surface area (Å²) >= 11 is 0. The third kappa shape index (κ3) is 6.29. The zero-order valence-corrected chi connectivity index (χ0v) is 13.6. The Morgan fingerprint density at radius 2 is 1.68 bits per heavy atom. The quantitative estimate of drug-likeness (QED) is 0.658. The lowest BCUT2D eigenvalue weighted by Crippen LogP contribution is -2.25. The van der Waals surface area contributed by atoms with Gasteiger partial charge in [-0.25, -0.2) is 4.79 Å². The van der Waals surface area contributed by atoms with Crippen molar-refractivity contribution in [3.05, 3.63) is 35.4 Å². The van der Waals surface area contributed by atoms with E-state index in [2.05, 4.69) is 20.8 Å². The van der Waals surface area contributed by atoms with Gasteiger partial charge in [-0.05, 0) is 24.3 Å². The summed E-state index contributed by atoms with van der Waals surface area (Å²) in [6, 6.07) is 5.95. The van der Waals surface area contributed by atoms with Crippen LogP contribution in [0.3, 0.4) is 0 Å². The molecule has 0 saturated carbocycles. The maximum Gasteiger partial charge on any atom is 0.338 e. The Hall–Kier alpha value is -1.84. The Morgan fingerprint density at radius 3 is 2.27 bits per heavy atom. The van der Waals surface area contributed by atoms with Crippen molar-refractivity contribution < 1.29 is 19.4 Å². The minimum absolute atomic E-state index is 0.0509. The van der Waals surface area contributed by atoms with E-state index in [1.165, 1.54) is 25.0 Å². The smallest absolute Gasteiger partial charge is 0.338 e. The zero-order valence-electron chi connectivity index (χ0n) is 13.6. The number of carbonyl (C=O) groups is 2. The summed E-state index contributed by atoms with van der Waals surface area (Å²) in [6.07, 6.45) is 4.30. The molecule has 0 aliphatic heterocycles. The molecule has 0 fully saturated rings. The van der Waals surface area contributed by atoms with Crippen molar-refractivity contribution in [2.75, 3.05) is 6.61 Å². The van der Waals surface area contributed by atoms with Crippen LogP contribution in [0.2, 0.25) is 0 Å². The number of hydrogen-bond donors (Lipinski definition) is 0. The number of carbonyl (C=O) groups excluding carboxylic acids is 2. The normalized spacial score (nSPS) is 12.2. The van der Waals surface area contributed by atoms with Crippen molar-refractivity contribution >= 4 is 11.9 Å². The van der Waals surface area contributed by atoms with E-state index in [4.69, 9.17) is 4.74 Å². The fraction of sp³-hybridized carbons (Fsp3) is 0.556. The lowest BCUT2D eigenvalue weighted by atomic mass is 9.98. The molecule has 1 aromatic carbocycles. The summed E-state index contributed by atoms with van der Waals surface area (Å²) in [4.78, 5) is 22.9. The molecule has 4 heteroatoms. The van der Waals surface area contributed by atoms with Gasteiger partial charge in [0, 0.05) is 5.56 Å². The molecule has 1 atom stereocenters. The molecule has 0 aromatic heterocycles. The monoisotopic (exact) mass is 305 g/mol. The molecule has 1 rings (SSSR count). The number of carboxylic acid groups (broad SMARTS) is 1. The standard InChI is InChI=1S/C18H26O4/c1-13(2)7-6-8-14(3)11-12-22-18(21)16-10-5-4-9-15(16)17(19)20/h4-5,9-10,13-14H,6-8,11-12H2,1-3H3,(H,19,20)/p-1. The van der Waals surface area contributed by atoms with Crippen molar-refractivity contribution in [3.8, 4) is 0 Å². The molecular formula is C18H25O4-. The third-order valence-electron chi connectivity index (χ3n) is 3.69. The molecule has 0 aliphatic rings. The molecule has 0 saturated heterocycles. The van der Waals surface area contributed by atoms with E-state index in [-0.39, 0.29) is 11.1 Å². The minimum Gasteiger partial charge on any atom is -0.545 e. The molecule has 0 bridgehead atoms. The van der Waals surface area contributed by atoms with E-state index in [1.54, 1.807) is 12.1 Å². The lowest BCUT2D eigenvalue weighted by molar-refractivity contribution is -0.255. The van der Waals surface area contributed by atoms with Gasteiger partial charge >= 0.3 is 5.97 Å². The SMILES string of the molecule is CC(C)CCCC(C)CCOC(=O)c1ccccc1C(=O)[O-]. The van der Waals surface area contributed by atoms with Gasteiger partial charge in [0.2, 0.25) is 0 Å². The van der Waals surface area contributed by atoms with Crippen LogP contribution in [-0.4, -0.2) is 18.5 Å². The second kappa shape index (κ2) is 9.23. The molecule has 0 aliphatic carbocycles. The van der Waals surface area contributed by atoms with Gasteiger partial charge in [-0.3, -0.25) is 0 Å². The van der Waals surface area contributed by atoms with E-state index < -0.39 is 11.9 Å². The summed E-state index contributed by atoms with van der Waals surface area (Å²) < 4.78 is 5.19. The summed E-state index contributed by atoms with van der Waals surface area (Å²) in [7, 11) is 0. The van der Waals surface area contributed by atoms with E-state index in [0.717, 1.165) is 12.8 Å². The summed E-state index contributed by atoms with van der Waals surface area (Å²) in [6.45, 7) is 6.87. The van der Waals surface area contributed by atoms with Gasteiger partial charge in [0.25, 0.3) is 0 Å². The van der Waals surface area contributed by atoms with Crippen LogP contribution in [0.4, 0.5) is 0 Å². The minimum atomic E-state index is -1.37. The highest BCUT2D eigenvalue weighted by molar-refractivity contribution is 6.01. The molecule has 0 spiro atoms. The van der Waals surface area contributed by atoms with Gasteiger partial charge in [0.15, 0.2) is 0 Å². The summed E-state index contributed by atoms with van der Waals surface area (Å²) in [5.74, 6) is -0.766. The third-order valence-corrected chi connectivity index (χ3v) is 3.69. The molecule has 0 amide bonds. The fourth-order valence-electron chi connectivity index (χ4n) is 2.29. The van der Waals surface area contributed by atoms with E-state index in [9.17, 15) is 14.7 Å². The Labute approximate surface area is 132 Å². The van der Waals surface area contributed by atoms with E-state index in [1.807, 2.05) is 0 Å². The van der Waals surface area contributed by atoms with Crippen LogP contribution in [0, 0.1) is 11.8 Å². The highest BCUT2D eigenvalue weighted by atomic mass is 16.5. The second-order valence-electron chi connectivity index (χ2n) is 6.19. The molecule has 1 unspecified atom stereocenters. The predicted octanol–water partition coefficient (Wildman–Crippen LogP) is 3.06. The molecule has 1 aromatic rings. The molecule has 0 heterocycles. The Morgan fingerprint density at radius 1 is 1.05 bits per heavy atom. The van der Waals surface area contributed by atoms with Gasteiger partial charge in [0.1, 0.15) is 0 Å². The van der Waals surface area contributed by atoms with Crippen LogP contribution in [0.1, 0.15) is 67.2 Å². The zero-order chi connectivity index (χ0) is 16.5. The second-order valence-corrected chi connectivity index (χ2v) is 6.19. The van der Waals surface area contributed by atoms with Crippen LogP contribution in [0.25, 0.3) is 0 Å². The average Bonchev–Trinajstić information content (AvgIpc) is 2.46.